The normalized spacial score (nSPS) is 22.3. The van der Waals surface area contributed by atoms with Crippen molar-refractivity contribution >= 4 is 11.7 Å². The summed E-state index contributed by atoms with van der Waals surface area (Å²) < 4.78 is 5.14. The number of ether oxygens (including phenoxy) is 1. The van der Waals surface area contributed by atoms with E-state index in [1.54, 1.807) is 7.11 Å². The fraction of sp³-hybridized carbons (Fsp3) is 0.562. The Kier molecular flexibility index (Phi) is 5.41. The van der Waals surface area contributed by atoms with Crippen LogP contribution in [0.5, 0.6) is 0 Å². The smallest absolute Gasteiger partial charge is 0.319 e. The van der Waals surface area contributed by atoms with Gasteiger partial charge in [-0.2, -0.15) is 0 Å². The Labute approximate surface area is 120 Å². The summed E-state index contributed by atoms with van der Waals surface area (Å²) in [7, 11) is 1.65. The number of para-hydroxylation sites is 1. The van der Waals surface area contributed by atoms with Crippen LogP contribution in [-0.4, -0.2) is 19.2 Å². The highest BCUT2D eigenvalue weighted by Gasteiger charge is 2.20. The van der Waals surface area contributed by atoms with Crippen LogP contribution in [0.4, 0.5) is 10.5 Å². The van der Waals surface area contributed by atoms with E-state index in [9.17, 15) is 4.79 Å². The first-order valence-corrected chi connectivity index (χ1v) is 7.33. The van der Waals surface area contributed by atoms with Crippen LogP contribution in [0.2, 0.25) is 0 Å². The van der Waals surface area contributed by atoms with Gasteiger partial charge >= 0.3 is 6.03 Å². The lowest BCUT2D eigenvalue weighted by atomic mass is 9.87. The zero-order chi connectivity index (χ0) is 14.4. The van der Waals surface area contributed by atoms with Crippen LogP contribution in [0, 0.1) is 5.92 Å². The second-order valence-corrected chi connectivity index (χ2v) is 5.66. The lowest BCUT2D eigenvalue weighted by Gasteiger charge is -2.27. The number of anilines is 1. The van der Waals surface area contributed by atoms with Crippen LogP contribution in [0.1, 0.15) is 38.2 Å². The molecule has 0 radical (unpaired) electrons. The van der Waals surface area contributed by atoms with Gasteiger partial charge in [0.05, 0.1) is 6.61 Å². The van der Waals surface area contributed by atoms with Gasteiger partial charge in [-0.3, -0.25) is 0 Å². The maximum atomic E-state index is 12.1. The van der Waals surface area contributed by atoms with Crippen LogP contribution in [0.25, 0.3) is 0 Å². The summed E-state index contributed by atoms with van der Waals surface area (Å²) in [6.45, 7) is 2.75. The number of benzene rings is 1. The lowest BCUT2D eigenvalue weighted by molar-refractivity contribution is 0.185. The summed E-state index contributed by atoms with van der Waals surface area (Å²) >= 11 is 0. The minimum Gasteiger partial charge on any atom is -0.380 e. The number of carbonyl (C=O) groups excluding carboxylic acids is 1. The zero-order valence-electron chi connectivity index (χ0n) is 12.3. The van der Waals surface area contributed by atoms with E-state index >= 15 is 0 Å². The predicted octanol–water partition coefficient (Wildman–Crippen LogP) is 3.53. The third kappa shape index (κ3) is 4.23. The monoisotopic (exact) mass is 276 g/mol. The first kappa shape index (κ1) is 14.9. The van der Waals surface area contributed by atoms with E-state index in [0.717, 1.165) is 24.1 Å². The van der Waals surface area contributed by atoms with E-state index < -0.39 is 0 Å². The molecule has 2 rings (SSSR count). The molecule has 1 aromatic rings. The Morgan fingerprint density at radius 2 is 2.15 bits per heavy atom. The number of hydrogen-bond donors (Lipinski definition) is 2. The van der Waals surface area contributed by atoms with Gasteiger partial charge in [-0.05, 0) is 24.8 Å². The number of methoxy groups -OCH3 is 1. The minimum absolute atomic E-state index is 0.118. The average molecular weight is 276 g/mol. The number of nitrogens with one attached hydrogen (secondary N) is 2. The molecule has 1 aliphatic rings. The van der Waals surface area contributed by atoms with Crippen molar-refractivity contribution in [2.75, 3.05) is 12.4 Å². The molecule has 0 unspecified atom stereocenters. The standard InChI is InChI=1S/C16H24N2O2/c1-12-6-5-8-14(10-12)17-16(19)18-15-9-4-3-7-13(15)11-20-2/h3-4,7,9,12,14H,5-6,8,10-11H2,1-2H3,(H2,17,18,19)/t12-,14+/m1/s1. The van der Waals surface area contributed by atoms with Crippen molar-refractivity contribution in [2.45, 2.75) is 45.3 Å². The van der Waals surface area contributed by atoms with Crippen LogP contribution in [-0.2, 0) is 11.3 Å². The summed E-state index contributed by atoms with van der Waals surface area (Å²) in [5.41, 5.74) is 1.80. The molecule has 0 bridgehead atoms. The molecule has 0 spiro atoms. The Bertz CT molecular complexity index is 448. The summed E-state index contributed by atoms with van der Waals surface area (Å²) in [5, 5.41) is 6.00. The van der Waals surface area contributed by atoms with Crippen LogP contribution >= 0.6 is 0 Å². The number of carbonyl (C=O) groups is 1. The highest BCUT2D eigenvalue weighted by atomic mass is 16.5. The summed E-state index contributed by atoms with van der Waals surface area (Å²) in [6.07, 6.45) is 4.63. The molecule has 1 aliphatic carbocycles. The second-order valence-electron chi connectivity index (χ2n) is 5.66. The molecule has 1 fully saturated rings. The quantitative estimate of drug-likeness (QED) is 0.883. The Balaban J connectivity index is 1.91. The third-order valence-corrected chi connectivity index (χ3v) is 3.84. The summed E-state index contributed by atoms with van der Waals surface area (Å²) in [6, 6.07) is 7.90. The predicted molar refractivity (Wildman–Crippen MR) is 80.7 cm³/mol. The van der Waals surface area contributed by atoms with Crippen molar-refractivity contribution in [3.05, 3.63) is 29.8 Å². The molecule has 0 aliphatic heterocycles. The largest absolute Gasteiger partial charge is 0.380 e. The SMILES string of the molecule is COCc1ccccc1NC(=O)N[C@H]1CCC[C@@H](C)C1. The van der Waals surface area contributed by atoms with E-state index in [1.807, 2.05) is 24.3 Å². The molecule has 110 valence electrons. The van der Waals surface area contributed by atoms with Crippen molar-refractivity contribution in [1.82, 2.24) is 5.32 Å². The average Bonchev–Trinajstić information content (AvgIpc) is 2.41. The molecule has 2 atom stereocenters. The van der Waals surface area contributed by atoms with Gasteiger partial charge in [-0.15, -0.1) is 0 Å². The third-order valence-electron chi connectivity index (χ3n) is 3.84. The van der Waals surface area contributed by atoms with Gasteiger partial charge in [0.15, 0.2) is 0 Å². The Morgan fingerprint density at radius 1 is 1.35 bits per heavy atom. The zero-order valence-corrected chi connectivity index (χ0v) is 12.3. The Morgan fingerprint density at radius 3 is 2.90 bits per heavy atom. The van der Waals surface area contributed by atoms with E-state index in [0.29, 0.717) is 18.6 Å². The van der Waals surface area contributed by atoms with E-state index in [2.05, 4.69) is 17.6 Å². The van der Waals surface area contributed by atoms with Gasteiger partial charge in [-0.25, -0.2) is 4.79 Å². The fourth-order valence-corrected chi connectivity index (χ4v) is 2.83. The number of hydrogen-bond acceptors (Lipinski definition) is 2. The molecule has 0 saturated heterocycles. The van der Waals surface area contributed by atoms with Gasteiger partial charge in [-0.1, -0.05) is 38.0 Å². The van der Waals surface area contributed by atoms with Gasteiger partial charge < -0.3 is 15.4 Å². The van der Waals surface area contributed by atoms with Crippen molar-refractivity contribution in [1.29, 1.82) is 0 Å². The lowest BCUT2D eigenvalue weighted by Crippen LogP contribution is -2.40. The van der Waals surface area contributed by atoms with Crippen molar-refractivity contribution in [2.24, 2.45) is 5.92 Å². The molecule has 4 heteroatoms. The highest BCUT2D eigenvalue weighted by Crippen LogP contribution is 2.23. The van der Waals surface area contributed by atoms with Crippen LogP contribution < -0.4 is 10.6 Å². The van der Waals surface area contributed by atoms with Crippen molar-refractivity contribution in [3.63, 3.8) is 0 Å². The second kappa shape index (κ2) is 7.29. The van der Waals surface area contributed by atoms with E-state index in [1.165, 1.54) is 12.8 Å². The molecular formula is C16H24N2O2. The number of urea groups is 1. The molecule has 1 aromatic carbocycles. The van der Waals surface area contributed by atoms with Gasteiger partial charge in [0.25, 0.3) is 0 Å². The minimum atomic E-state index is -0.118. The first-order chi connectivity index (χ1) is 9.69. The highest BCUT2D eigenvalue weighted by molar-refractivity contribution is 5.90. The molecule has 0 aromatic heterocycles. The number of rotatable bonds is 4. The van der Waals surface area contributed by atoms with Gasteiger partial charge in [0.1, 0.15) is 0 Å². The van der Waals surface area contributed by atoms with E-state index in [-0.39, 0.29) is 6.03 Å². The van der Waals surface area contributed by atoms with Crippen LogP contribution in [0.3, 0.4) is 0 Å². The molecule has 20 heavy (non-hydrogen) atoms. The molecule has 1 saturated carbocycles. The van der Waals surface area contributed by atoms with Crippen molar-refractivity contribution < 1.29 is 9.53 Å². The number of amides is 2. The van der Waals surface area contributed by atoms with Gasteiger partial charge in [0, 0.05) is 24.4 Å². The fourth-order valence-electron chi connectivity index (χ4n) is 2.83. The maximum absolute atomic E-state index is 12.1. The first-order valence-electron chi connectivity index (χ1n) is 7.33. The molecular weight excluding hydrogens is 252 g/mol. The molecule has 4 nitrogen and oxygen atoms in total. The molecule has 2 N–H and O–H groups in total. The van der Waals surface area contributed by atoms with Crippen molar-refractivity contribution in [3.8, 4) is 0 Å². The van der Waals surface area contributed by atoms with Gasteiger partial charge in [0.2, 0.25) is 0 Å². The molecule has 0 heterocycles. The summed E-state index contributed by atoms with van der Waals surface area (Å²) in [5.74, 6) is 0.704. The topological polar surface area (TPSA) is 50.4 Å². The van der Waals surface area contributed by atoms with E-state index in [4.69, 9.17) is 4.74 Å². The maximum Gasteiger partial charge on any atom is 0.319 e. The Hall–Kier alpha value is -1.55. The molecule has 2 amide bonds. The summed E-state index contributed by atoms with van der Waals surface area (Å²) in [4.78, 5) is 12.1. The van der Waals surface area contributed by atoms with Crippen LogP contribution in [0.15, 0.2) is 24.3 Å².